The highest BCUT2D eigenvalue weighted by Crippen LogP contribution is 2.47. The van der Waals surface area contributed by atoms with Crippen molar-refractivity contribution in [1.29, 1.82) is 0 Å². The number of hydrogen-bond donors (Lipinski definition) is 0. The lowest BCUT2D eigenvalue weighted by atomic mass is 9.66. The van der Waals surface area contributed by atoms with E-state index in [-0.39, 0.29) is 0 Å². The van der Waals surface area contributed by atoms with Crippen LogP contribution >= 0.6 is 0 Å². The summed E-state index contributed by atoms with van der Waals surface area (Å²) in [5.74, 6) is 6.86. The van der Waals surface area contributed by atoms with Crippen LogP contribution in [0.2, 0.25) is 0 Å². The maximum absolute atomic E-state index is 1.61. The summed E-state index contributed by atoms with van der Waals surface area (Å²) >= 11 is 0. The van der Waals surface area contributed by atoms with Gasteiger partial charge in [0.1, 0.15) is 0 Å². The highest BCUT2D eigenvalue weighted by molar-refractivity contribution is 4.87. The normalized spacial score (nSPS) is 36.5. The summed E-state index contributed by atoms with van der Waals surface area (Å²) < 4.78 is 0. The van der Waals surface area contributed by atoms with Gasteiger partial charge in [-0.05, 0) is 61.2 Å². The lowest BCUT2D eigenvalue weighted by Crippen LogP contribution is -2.28. The standard InChI is InChI=1S/C25H44/c1(2-4-9-20-15-16-24(17-20)22-13-8-14-22)3-5-10-21-18-25(19-21)23-11-6-7-12-23/h20-25H,1-19H2. The third kappa shape index (κ3) is 5.04. The van der Waals surface area contributed by atoms with Crippen molar-refractivity contribution in [3.63, 3.8) is 0 Å². The Morgan fingerprint density at radius 2 is 0.960 bits per heavy atom. The van der Waals surface area contributed by atoms with Crippen molar-refractivity contribution < 1.29 is 0 Å². The van der Waals surface area contributed by atoms with Crippen LogP contribution in [0, 0.1) is 35.5 Å². The van der Waals surface area contributed by atoms with Crippen molar-refractivity contribution in [1.82, 2.24) is 0 Å². The van der Waals surface area contributed by atoms with E-state index in [4.69, 9.17) is 0 Å². The molecule has 0 aromatic rings. The van der Waals surface area contributed by atoms with Crippen molar-refractivity contribution in [2.75, 3.05) is 0 Å². The SMILES string of the molecule is C(CCCC1CCC(C2CCC2)C1)CCCC1CC(C2CCCC2)C1. The van der Waals surface area contributed by atoms with Crippen LogP contribution in [-0.4, -0.2) is 0 Å². The highest BCUT2D eigenvalue weighted by atomic mass is 14.4. The summed E-state index contributed by atoms with van der Waals surface area (Å²) in [6, 6.07) is 0. The molecule has 4 saturated carbocycles. The van der Waals surface area contributed by atoms with Gasteiger partial charge in [0.05, 0.1) is 0 Å². The Morgan fingerprint density at radius 1 is 0.400 bits per heavy atom. The fourth-order valence-electron chi connectivity index (χ4n) is 6.95. The molecule has 0 aliphatic heterocycles. The van der Waals surface area contributed by atoms with Crippen LogP contribution in [0.3, 0.4) is 0 Å². The third-order valence-corrected chi connectivity index (χ3v) is 8.96. The highest BCUT2D eigenvalue weighted by Gasteiger charge is 2.35. The van der Waals surface area contributed by atoms with Crippen molar-refractivity contribution in [2.24, 2.45) is 35.5 Å². The number of hydrogen-bond acceptors (Lipinski definition) is 0. The van der Waals surface area contributed by atoms with Gasteiger partial charge in [-0.3, -0.25) is 0 Å². The average Bonchev–Trinajstić information content (AvgIpc) is 3.18. The minimum atomic E-state index is 1.12. The molecule has 4 rings (SSSR count). The van der Waals surface area contributed by atoms with Gasteiger partial charge >= 0.3 is 0 Å². The van der Waals surface area contributed by atoms with E-state index < -0.39 is 0 Å². The molecule has 2 unspecified atom stereocenters. The molecule has 0 heteroatoms. The van der Waals surface area contributed by atoms with E-state index in [9.17, 15) is 0 Å². The Morgan fingerprint density at radius 3 is 1.64 bits per heavy atom. The van der Waals surface area contributed by atoms with Gasteiger partial charge in [0.25, 0.3) is 0 Å². The maximum Gasteiger partial charge on any atom is -0.0381 e. The predicted molar refractivity (Wildman–Crippen MR) is 109 cm³/mol. The Hall–Kier alpha value is 0. The second kappa shape index (κ2) is 9.27. The van der Waals surface area contributed by atoms with E-state index in [0.29, 0.717) is 0 Å². The quantitative estimate of drug-likeness (QED) is 0.351. The zero-order chi connectivity index (χ0) is 16.9. The molecule has 144 valence electrons. The van der Waals surface area contributed by atoms with Crippen LogP contribution < -0.4 is 0 Å². The first-order chi connectivity index (χ1) is 12.4. The molecule has 0 N–H and O–H groups in total. The summed E-state index contributed by atoms with van der Waals surface area (Å²) in [5, 5.41) is 0. The molecule has 0 spiro atoms. The second-order valence-corrected chi connectivity index (χ2v) is 10.6. The molecule has 2 atom stereocenters. The zero-order valence-corrected chi connectivity index (χ0v) is 16.9. The predicted octanol–water partition coefficient (Wildman–Crippen LogP) is 8.15. The molecule has 4 fully saturated rings. The van der Waals surface area contributed by atoms with E-state index in [2.05, 4.69) is 0 Å². The molecule has 4 aliphatic carbocycles. The monoisotopic (exact) mass is 344 g/mol. The second-order valence-electron chi connectivity index (χ2n) is 10.6. The van der Waals surface area contributed by atoms with Gasteiger partial charge in [-0.1, -0.05) is 96.3 Å². The number of rotatable bonds is 10. The average molecular weight is 345 g/mol. The largest absolute Gasteiger partial charge is 0.0533 e. The summed E-state index contributed by atoms with van der Waals surface area (Å²) in [6.45, 7) is 0. The minimum absolute atomic E-state index is 1.12. The van der Waals surface area contributed by atoms with Crippen molar-refractivity contribution in [3.05, 3.63) is 0 Å². The molecule has 0 radical (unpaired) electrons. The van der Waals surface area contributed by atoms with E-state index in [1.54, 1.807) is 70.6 Å². The fourth-order valence-corrected chi connectivity index (χ4v) is 6.95. The maximum atomic E-state index is 1.61. The van der Waals surface area contributed by atoms with Gasteiger partial charge in [0.15, 0.2) is 0 Å². The van der Waals surface area contributed by atoms with Crippen LogP contribution in [0.1, 0.15) is 122 Å². The van der Waals surface area contributed by atoms with Crippen molar-refractivity contribution in [2.45, 2.75) is 122 Å². The van der Waals surface area contributed by atoms with Gasteiger partial charge in [-0.15, -0.1) is 0 Å². The van der Waals surface area contributed by atoms with E-state index in [1.165, 1.54) is 51.4 Å². The molecule has 0 saturated heterocycles. The molecule has 4 aliphatic rings. The first-order valence-corrected chi connectivity index (χ1v) is 12.4. The van der Waals surface area contributed by atoms with Crippen LogP contribution in [0.25, 0.3) is 0 Å². The van der Waals surface area contributed by atoms with E-state index in [0.717, 1.165) is 35.5 Å². The van der Waals surface area contributed by atoms with Crippen LogP contribution in [-0.2, 0) is 0 Å². The zero-order valence-electron chi connectivity index (χ0n) is 16.9. The van der Waals surface area contributed by atoms with Crippen LogP contribution in [0.15, 0.2) is 0 Å². The minimum Gasteiger partial charge on any atom is -0.0533 e. The van der Waals surface area contributed by atoms with Crippen molar-refractivity contribution in [3.8, 4) is 0 Å². The lowest BCUT2D eigenvalue weighted by Gasteiger charge is -2.39. The molecule has 0 bridgehead atoms. The molecular formula is C25H44. The fraction of sp³-hybridized carbons (Fsp3) is 1.00. The van der Waals surface area contributed by atoms with Gasteiger partial charge < -0.3 is 0 Å². The third-order valence-electron chi connectivity index (χ3n) is 8.96. The summed E-state index contributed by atoms with van der Waals surface area (Å²) in [4.78, 5) is 0. The van der Waals surface area contributed by atoms with Crippen LogP contribution in [0.4, 0.5) is 0 Å². The molecule has 0 amide bonds. The summed E-state index contributed by atoms with van der Waals surface area (Å²) in [6.07, 6.45) is 29.6. The summed E-state index contributed by atoms with van der Waals surface area (Å²) in [5.41, 5.74) is 0. The van der Waals surface area contributed by atoms with Gasteiger partial charge in [0.2, 0.25) is 0 Å². The Kier molecular flexibility index (Phi) is 6.81. The summed E-state index contributed by atoms with van der Waals surface area (Å²) in [7, 11) is 0. The molecule has 0 aromatic carbocycles. The van der Waals surface area contributed by atoms with Gasteiger partial charge in [0, 0.05) is 0 Å². The molecule has 0 nitrogen and oxygen atoms in total. The van der Waals surface area contributed by atoms with E-state index >= 15 is 0 Å². The first kappa shape index (κ1) is 18.4. The Labute approximate surface area is 157 Å². The Balaban J connectivity index is 0.949. The molecule has 0 aromatic heterocycles. The Bertz CT molecular complexity index is 369. The number of unbranched alkanes of at least 4 members (excludes halogenated alkanes) is 4. The molecule has 25 heavy (non-hydrogen) atoms. The first-order valence-electron chi connectivity index (χ1n) is 12.4. The van der Waals surface area contributed by atoms with Gasteiger partial charge in [-0.2, -0.15) is 0 Å². The van der Waals surface area contributed by atoms with Crippen LogP contribution in [0.5, 0.6) is 0 Å². The van der Waals surface area contributed by atoms with Gasteiger partial charge in [-0.25, -0.2) is 0 Å². The smallest absolute Gasteiger partial charge is 0.0381 e. The van der Waals surface area contributed by atoms with Crippen molar-refractivity contribution >= 4 is 0 Å². The van der Waals surface area contributed by atoms with E-state index in [1.807, 2.05) is 0 Å². The molecule has 0 heterocycles. The molecular weight excluding hydrogens is 300 g/mol. The lowest BCUT2D eigenvalue weighted by molar-refractivity contribution is 0.116. The topological polar surface area (TPSA) is 0 Å².